The molecule has 1 aromatic rings. The number of hydrogen-bond donors (Lipinski definition) is 1. The Kier molecular flexibility index (Phi) is 5.41. The van der Waals surface area contributed by atoms with E-state index in [1.165, 1.54) is 19.1 Å². The third-order valence-corrected chi connectivity index (χ3v) is 5.24. The molecule has 0 aliphatic heterocycles. The molecule has 0 aliphatic rings. The zero-order valence-electron chi connectivity index (χ0n) is 11.6. The lowest BCUT2D eigenvalue weighted by Crippen LogP contribution is -2.40. The Labute approximate surface area is 122 Å². The van der Waals surface area contributed by atoms with Crippen molar-refractivity contribution in [2.75, 3.05) is 6.54 Å². The molecular weight excluding hydrogens is 299 g/mol. The minimum absolute atomic E-state index is 0.0133. The van der Waals surface area contributed by atoms with E-state index in [2.05, 4.69) is 0 Å². The molecule has 0 fully saturated rings. The first kappa shape index (κ1) is 17.1. The van der Waals surface area contributed by atoms with Gasteiger partial charge in [-0.2, -0.15) is 9.57 Å². The van der Waals surface area contributed by atoms with E-state index < -0.39 is 27.1 Å². The number of carboxylic acids is 1. The topological polar surface area (TPSA) is 98.5 Å². The number of nitrogens with zero attached hydrogens (tertiary/aromatic N) is 2. The van der Waals surface area contributed by atoms with Crippen molar-refractivity contribution in [2.24, 2.45) is 0 Å². The second-order valence-electron chi connectivity index (χ2n) is 4.37. The van der Waals surface area contributed by atoms with Gasteiger partial charge in [-0.1, -0.05) is 13.0 Å². The van der Waals surface area contributed by atoms with Crippen molar-refractivity contribution in [1.29, 1.82) is 5.26 Å². The zero-order valence-corrected chi connectivity index (χ0v) is 12.4. The maximum atomic E-state index is 13.8. The number of nitriles is 1. The molecule has 6 nitrogen and oxygen atoms in total. The average Bonchev–Trinajstić information content (AvgIpc) is 2.44. The quantitative estimate of drug-likeness (QED) is 0.854. The molecule has 0 saturated carbocycles. The van der Waals surface area contributed by atoms with Gasteiger partial charge in [0.15, 0.2) is 5.25 Å². The first-order chi connectivity index (χ1) is 9.73. The highest BCUT2D eigenvalue weighted by atomic mass is 32.2. The van der Waals surface area contributed by atoms with Crippen LogP contribution in [0.25, 0.3) is 0 Å². The van der Waals surface area contributed by atoms with E-state index in [1.54, 1.807) is 6.07 Å². The Balaban J connectivity index is 3.09. The van der Waals surface area contributed by atoms with Crippen molar-refractivity contribution < 1.29 is 22.7 Å². The first-order valence-corrected chi connectivity index (χ1v) is 7.64. The lowest BCUT2D eigenvalue weighted by molar-refractivity contribution is -0.136. The van der Waals surface area contributed by atoms with E-state index in [-0.39, 0.29) is 24.2 Å². The minimum Gasteiger partial charge on any atom is -0.480 e. The standard InChI is InChI=1S/C13H15FN2O4S/c1-3-16(21(19,20)9(2)13(17)18)8-11-5-4-10(7-15)6-12(11)14/h4-6,9H,3,8H2,1-2H3,(H,17,18). The molecule has 114 valence electrons. The number of aliphatic carboxylic acids is 1. The molecule has 0 aliphatic carbocycles. The molecule has 0 aromatic heterocycles. The molecule has 21 heavy (non-hydrogen) atoms. The van der Waals surface area contributed by atoms with Crippen LogP contribution in [0.2, 0.25) is 0 Å². The van der Waals surface area contributed by atoms with Crippen molar-refractivity contribution in [1.82, 2.24) is 4.31 Å². The molecule has 1 N–H and O–H groups in total. The highest BCUT2D eigenvalue weighted by Crippen LogP contribution is 2.17. The number of sulfonamides is 1. The number of halogens is 1. The van der Waals surface area contributed by atoms with Crippen molar-refractivity contribution in [3.05, 3.63) is 35.1 Å². The maximum absolute atomic E-state index is 13.8. The Bertz CT molecular complexity index is 682. The maximum Gasteiger partial charge on any atom is 0.323 e. The van der Waals surface area contributed by atoms with Crippen LogP contribution in [0.4, 0.5) is 4.39 Å². The molecule has 1 unspecified atom stereocenters. The molecule has 0 amide bonds. The summed E-state index contributed by atoms with van der Waals surface area (Å²) in [5.74, 6) is -2.17. The second-order valence-corrected chi connectivity index (χ2v) is 6.62. The lowest BCUT2D eigenvalue weighted by Gasteiger charge is -2.23. The summed E-state index contributed by atoms with van der Waals surface area (Å²) in [4.78, 5) is 10.9. The minimum atomic E-state index is -4.08. The van der Waals surface area contributed by atoms with Crippen molar-refractivity contribution in [3.8, 4) is 6.07 Å². The normalized spacial score (nSPS) is 12.9. The first-order valence-electron chi connectivity index (χ1n) is 6.14. The van der Waals surface area contributed by atoms with E-state index in [0.717, 1.165) is 17.3 Å². The van der Waals surface area contributed by atoms with E-state index in [1.807, 2.05) is 0 Å². The molecule has 0 saturated heterocycles. The van der Waals surface area contributed by atoms with Crippen LogP contribution in [0.3, 0.4) is 0 Å². The smallest absolute Gasteiger partial charge is 0.323 e. The van der Waals surface area contributed by atoms with Crippen LogP contribution in [0.1, 0.15) is 25.0 Å². The van der Waals surface area contributed by atoms with Gasteiger partial charge < -0.3 is 5.11 Å². The highest BCUT2D eigenvalue weighted by molar-refractivity contribution is 7.90. The summed E-state index contributed by atoms with van der Waals surface area (Å²) in [5, 5.41) is 15.9. The summed E-state index contributed by atoms with van der Waals surface area (Å²) in [7, 11) is -4.08. The Hall–Kier alpha value is -1.98. The number of benzene rings is 1. The SMILES string of the molecule is CCN(Cc1ccc(C#N)cc1F)S(=O)(=O)C(C)C(=O)O. The van der Waals surface area contributed by atoms with Gasteiger partial charge >= 0.3 is 5.97 Å². The van der Waals surface area contributed by atoms with E-state index in [0.29, 0.717) is 0 Å². The van der Waals surface area contributed by atoms with Crippen LogP contribution >= 0.6 is 0 Å². The molecule has 0 spiro atoms. The van der Waals surface area contributed by atoms with Gasteiger partial charge in [-0.3, -0.25) is 4.79 Å². The summed E-state index contributed by atoms with van der Waals surface area (Å²) in [6, 6.07) is 5.48. The Morgan fingerprint density at radius 3 is 2.57 bits per heavy atom. The molecule has 0 heterocycles. The van der Waals surface area contributed by atoms with Crippen LogP contribution in [-0.4, -0.2) is 35.6 Å². The van der Waals surface area contributed by atoms with Gasteiger partial charge in [0, 0.05) is 18.7 Å². The Morgan fingerprint density at radius 2 is 2.14 bits per heavy atom. The van der Waals surface area contributed by atoms with Crippen LogP contribution in [0, 0.1) is 17.1 Å². The zero-order chi connectivity index (χ0) is 16.2. The summed E-state index contributed by atoms with van der Waals surface area (Å²) < 4.78 is 38.9. The largest absolute Gasteiger partial charge is 0.480 e. The fraction of sp³-hybridized carbons (Fsp3) is 0.385. The van der Waals surface area contributed by atoms with Crippen LogP contribution in [0.15, 0.2) is 18.2 Å². The van der Waals surface area contributed by atoms with Crippen LogP contribution in [0.5, 0.6) is 0 Å². The predicted octanol–water partition coefficient (Wildman–Crippen LogP) is 1.32. The van der Waals surface area contributed by atoms with Gasteiger partial charge in [0.1, 0.15) is 5.82 Å². The van der Waals surface area contributed by atoms with Gasteiger partial charge in [-0.05, 0) is 19.1 Å². The summed E-state index contributed by atoms with van der Waals surface area (Å²) in [6.07, 6.45) is 0. The fourth-order valence-electron chi connectivity index (χ4n) is 1.67. The third-order valence-electron chi connectivity index (χ3n) is 3.04. The third kappa shape index (κ3) is 3.77. The van der Waals surface area contributed by atoms with E-state index in [9.17, 15) is 17.6 Å². The van der Waals surface area contributed by atoms with Crippen LogP contribution < -0.4 is 0 Å². The molecule has 1 rings (SSSR count). The van der Waals surface area contributed by atoms with Crippen LogP contribution in [-0.2, 0) is 21.4 Å². The van der Waals surface area contributed by atoms with Gasteiger partial charge in [0.05, 0.1) is 11.6 Å². The highest BCUT2D eigenvalue weighted by Gasteiger charge is 2.33. The second kappa shape index (κ2) is 6.65. The van der Waals surface area contributed by atoms with Gasteiger partial charge in [-0.15, -0.1) is 0 Å². The molecule has 0 radical (unpaired) electrons. The summed E-state index contributed by atoms with van der Waals surface area (Å²) in [5.41, 5.74) is 0.207. The summed E-state index contributed by atoms with van der Waals surface area (Å²) in [6.45, 7) is 2.33. The molecule has 1 atom stereocenters. The average molecular weight is 314 g/mol. The number of carbonyl (C=O) groups is 1. The van der Waals surface area contributed by atoms with Gasteiger partial charge in [-0.25, -0.2) is 12.8 Å². The van der Waals surface area contributed by atoms with Crippen molar-refractivity contribution >= 4 is 16.0 Å². The fourth-order valence-corrected chi connectivity index (χ4v) is 3.05. The monoisotopic (exact) mass is 314 g/mol. The predicted molar refractivity (Wildman–Crippen MR) is 73.2 cm³/mol. The van der Waals surface area contributed by atoms with Crippen molar-refractivity contribution in [2.45, 2.75) is 25.6 Å². The number of carboxylic acid groups (broad SMARTS) is 1. The molecule has 1 aromatic carbocycles. The van der Waals surface area contributed by atoms with E-state index in [4.69, 9.17) is 10.4 Å². The number of hydrogen-bond acceptors (Lipinski definition) is 4. The number of rotatable bonds is 6. The van der Waals surface area contributed by atoms with E-state index >= 15 is 0 Å². The summed E-state index contributed by atoms with van der Waals surface area (Å²) >= 11 is 0. The van der Waals surface area contributed by atoms with Crippen molar-refractivity contribution in [3.63, 3.8) is 0 Å². The molecule has 8 heteroatoms. The molecule has 0 bridgehead atoms. The Morgan fingerprint density at radius 1 is 1.52 bits per heavy atom. The lowest BCUT2D eigenvalue weighted by atomic mass is 10.1. The van der Waals surface area contributed by atoms with Gasteiger partial charge in [0.2, 0.25) is 10.0 Å². The molecular formula is C13H15FN2O4S. The van der Waals surface area contributed by atoms with Gasteiger partial charge in [0.25, 0.3) is 0 Å².